The maximum atomic E-state index is 5.59. The van der Waals surface area contributed by atoms with Crippen LogP contribution in [0.2, 0.25) is 0 Å². The fourth-order valence-electron chi connectivity index (χ4n) is 1.60. The summed E-state index contributed by atoms with van der Waals surface area (Å²) in [6.07, 6.45) is 1.77. The molecule has 1 nitrogen and oxygen atoms in total. The van der Waals surface area contributed by atoms with Gasteiger partial charge in [0.2, 0.25) is 0 Å². The molecule has 0 aromatic heterocycles. The highest BCUT2D eigenvalue weighted by atomic mass is 32.2. The van der Waals surface area contributed by atoms with E-state index in [1.165, 1.54) is 14.7 Å². The second kappa shape index (κ2) is 9.50. The topological polar surface area (TPSA) is 9.23 Å². The van der Waals surface area contributed by atoms with Gasteiger partial charge in [-0.1, -0.05) is 66.0 Å². The van der Waals surface area contributed by atoms with Crippen molar-refractivity contribution in [2.45, 2.75) is 9.79 Å². The summed E-state index contributed by atoms with van der Waals surface area (Å²) in [6, 6.07) is 20.7. The van der Waals surface area contributed by atoms with E-state index in [1.807, 2.05) is 24.3 Å². The Kier molecular flexibility index (Phi) is 7.22. The molecule has 0 heterocycles. The van der Waals surface area contributed by atoms with Crippen molar-refractivity contribution >= 4 is 23.5 Å². The van der Waals surface area contributed by atoms with Gasteiger partial charge in [0.05, 0.1) is 13.2 Å². The normalized spacial score (nSPS) is 11.3. The molecule has 0 fully saturated rings. The SMILES string of the molecule is C=CCOC/C(=C/Sc1ccccc1)Sc1ccccc1. The number of hydrogen-bond acceptors (Lipinski definition) is 3. The number of benzene rings is 2. The minimum absolute atomic E-state index is 0.572. The van der Waals surface area contributed by atoms with Crippen molar-refractivity contribution in [3.05, 3.63) is 83.6 Å². The van der Waals surface area contributed by atoms with E-state index in [1.54, 1.807) is 29.6 Å². The van der Waals surface area contributed by atoms with E-state index in [0.29, 0.717) is 13.2 Å². The molecular formula is C18H18OS2. The first-order valence-electron chi connectivity index (χ1n) is 6.71. The summed E-state index contributed by atoms with van der Waals surface area (Å²) in [5, 5.41) is 2.16. The van der Waals surface area contributed by atoms with Crippen LogP contribution in [0.1, 0.15) is 0 Å². The summed E-state index contributed by atoms with van der Waals surface area (Å²) in [4.78, 5) is 3.64. The molecular weight excluding hydrogens is 296 g/mol. The maximum absolute atomic E-state index is 5.59. The molecule has 0 saturated carbocycles. The highest BCUT2D eigenvalue weighted by Gasteiger charge is 2.02. The average molecular weight is 314 g/mol. The molecule has 108 valence electrons. The first-order valence-corrected chi connectivity index (χ1v) is 8.40. The maximum Gasteiger partial charge on any atom is 0.0788 e. The standard InChI is InChI=1S/C18H18OS2/c1-2-13-19-14-18(21-17-11-7-4-8-12-17)15-20-16-9-5-3-6-10-16/h2-12,15H,1,13-14H2/b18-15-. The Hall–Kier alpha value is -1.42. The Labute approximate surface area is 135 Å². The number of thioether (sulfide) groups is 2. The van der Waals surface area contributed by atoms with E-state index in [4.69, 9.17) is 4.74 Å². The van der Waals surface area contributed by atoms with Crippen LogP contribution in [-0.2, 0) is 4.74 Å². The summed E-state index contributed by atoms with van der Waals surface area (Å²) in [5.41, 5.74) is 0. The van der Waals surface area contributed by atoms with Gasteiger partial charge in [-0.2, -0.15) is 0 Å². The average Bonchev–Trinajstić information content (AvgIpc) is 2.54. The lowest BCUT2D eigenvalue weighted by molar-refractivity contribution is 0.192. The van der Waals surface area contributed by atoms with E-state index < -0.39 is 0 Å². The van der Waals surface area contributed by atoms with Gasteiger partial charge in [-0.25, -0.2) is 0 Å². The highest BCUT2D eigenvalue weighted by molar-refractivity contribution is 8.06. The molecule has 0 aliphatic carbocycles. The molecule has 0 radical (unpaired) electrons. The van der Waals surface area contributed by atoms with Crippen LogP contribution in [0, 0.1) is 0 Å². The van der Waals surface area contributed by atoms with Crippen LogP contribution in [0.3, 0.4) is 0 Å². The summed E-state index contributed by atoms with van der Waals surface area (Å²) in [7, 11) is 0. The fraction of sp³-hybridized carbons (Fsp3) is 0.111. The van der Waals surface area contributed by atoms with Gasteiger partial charge in [0, 0.05) is 14.7 Å². The number of rotatable bonds is 8. The second-order valence-electron chi connectivity index (χ2n) is 4.23. The Bertz CT molecular complexity index is 564. The van der Waals surface area contributed by atoms with Crippen molar-refractivity contribution in [1.82, 2.24) is 0 Å². The van der Waals surface area contributed by atoms with Crippen LogP contribution < -0.4 is 0 Å². The van der Waals surface area contributed by atoms with Crippen LogP contribution in [0.15, 0.2) is 93.4 Å². The third-order valence-corrected chi connectivity index (χ3v) is 4.64. The van der Waals surface area contributed by atoms with Crippen LogP contribution in [0.4, 0.5) is 0 Å². The van der Waals surface area contributed by atoms with E-state index in [-0.39, 0.29) is 0 Å². The lowest BCUT2D eigenvalue weighted by Crippen LogP contribution is -1.95. The van der Waals surface area contributed by atoms with Crippen LogP contribution in [-0.4, -0.2) is 13.2 Å². The molecule has 0 saturated heterocycles. The summed E-state index contributed by atoms with van der Waals surface area (Å²) < 4.78 is 5.59. The summed E-state index contributed by atoms with van der Waals surface area (Å²) in [6.45, 7) is 4.85. The molecule has 3 heteroatoms. The monoisotopic (exact) mass is 314 g/mol. The van der Waals surface area contributed by atoms with E-state index in [9.17, 15) is 0 Å². The third kappa shape index (κ3) is 6.25. The molecule has 0 unspecified atom stereocenters. The predicted octanol–water partition coefficient (Wildman–Crippen LogP) is 5.62. The smallest absolute Gasteiger partial charge is 0.0788 e. The molecule has 0 spiro atoms. The molecule has 0 N–H and O–H groups in total. The van der Waals surface area contributed by atoms with Crippen molar-refractivity contribution in [1.29, 1.82) is 0 Å². The van der Waals surface area contributed by atoms with Gasteiger partial charge < -0.3 is 4.74 Å². The van der Waals surface area contributed by atoms with E-state index in [2.05, 4.69) is 48.4 Å². The quantitative estimate of drug-likeness (QED) is 0.356. The molecule has 0 bridgehead atoms. The molecule has 0 atom stereocenters. The predicted molar refractivity (Wildman–Crippen MR) is 93.7 cm³/mol. The van der Waals surface area contributed by atoms with Crippen molar-refractivity contribution in [3.63, 3.8) is 0 Å². The van der Waals surface area contributed by atoms with Crippen LogP contribution in [0.25, 0.3) is 0 Å². The van der Waals surface area contributed by atoms with Gasteiger partial charge in [-0.15, -0.1) is 6.58 Å². The van der Waals surface area contributed by atoms with Gasteiger partial charge in [-0.3, -0.25) is 0 Å². The van der Waals surface area contributed by atoms with Crippen molar-refractivity contribution in [2.75, 3.05) is 13.2 Å². The zero-order valence-electron chi connectivity index (χ0n) is 11.8. The van der Waals surface area contributed by atoms with E-state index in [0.717, 1.165) is 0 Å². The first kappa shape index (κ1) is 16.0. The molecule has 0 aliphatic rings. The molecule has 0 aliphatic heterocycles. The highest BCUT2D eigenvalue weighted by Crippen LogP contribution is 2.30. The van der Waals surface area contributed by atoms with Gasteiger partial charge in [0.15, 0.2) is 0 Å². The molecule has 2 rings (SSSR count). The Morgan fingerprint density at radius 2 is 1.57 bits per heavy atom. The molecule has 2 aromatic rings. The first-order chi connectivity index (χ1) is 10.4. The zero-order chi connectivity index (χ0) is 14.8. The molecule has 21 heavy (non-hydrogen) atoms. The molecule has 0 amide bonds. The number of ether oxygens (including phenoxy) is 1. The summed E-state index contributed by atoms with van der Waals surface area (Å²) >= 11 is 3.46. The largest absolute Gasteiger partial charge is 0.372 e. The third-order valence-electron chi connectivity index (χ3n) is 2.54. The van der Waals surface area contributed by atoms with Gasteiger partial charge in [-0.05, 0) is 29.7 Å². The van der Waals surface area contributed by atoms with Gasteiger partial charge in [0.25, 0.3) is 0 Å². The van der Waals surface area contributed by atoms with Crippen molar-refractivity contribution < 1.29 is 4.74 Å². The Balaban J connectivity index is 2.02. The van der Waals surface area contributed by atoms with E-state index >= 15 is 0 Å². The fourth-order valence-corrected chi connectivity index (χ4v) is 3.33. The summed E-state index contributed by atoms with van der Waals surface area (Å²) in [5.74, 6) is 0. The van der Waals surface area contributed by atoms with Crippen molar-refractivity contribution in [3.8, 4) is 0 Å². The second-order valence-corrected chi connectivity index (χ2v) is 6.38. The van der Waals surface area contributed by atoms with Crippen LogP contribution >= 0.6 is 23.5 Å². The Morgan fingerprint density at radius 3 is 2.19 bits per heavy atom. The minimum atomic E-state index is 0.572. The van der Waals surface area contributed by atoms with Gasteiger partial charge >= 0.3 is 0 Å². The molecule has 2 aromatic carbocycles. The van der Waals surface area contributed by atoms with Gasteiger partial charge in [0.1, 0.15) is 0 Å². The lowest BCUT2D eigenvalue weighted by atomic mass is 10.4. The Morgan fingerprint density at radius 1 is 0.952 bits per heavy atom. The lowest BCUT2D eigenvalue weighted by Gasteiger charge is -2.07. The van der Waals surface area contributed by atoms with Crippen molar-refractivity contribution in [2.24, 2.45) is 0 Å². The van der Waals surface area contributed by atoms with Crippen LogP contribution in [0.5, 0.6) is 0 Å². The zero-order valence-corrected chi connectivity index (χ0v) is 13.4. The minimum Gasteiger partial charge on any atom is -0.372 e. The number of hydrogen-bond donors (Lipinski definition) is 0.